The van der Waals surface area contributed by atoms with Crippen molar-refractivity contribution in [2.45, 2.75) is 13.5 Å². The lowest BCUT2D eigenvalue weighted by atomic mass is 10.1. The van der Waals surface area contributed by atoms with Crippen LogP contribution in [0.2, 0.25) is 0 Å². The zero-order valence-corrected chi connectivity index (χ0v) is 14.0. The molecule has 0 saturated carbocycles. The number of ether oxygens (including phenoxy) is 1. The minimum Gasteiger partial charge on any atom is -0.452 e. The number of rotatable bonds is 6. The van der Waals surface area contributed by atoms with Crippen molar-refractivity contribution in [1.29, 1.82) is 0 Å². The maximum atomic E-state index is 11.9. The second-order valence-electron chi connectivity index (χ2n) is 5.23. The number of carbonyl (C=O) groups is 2. The molecule has 1 aromatic heterocycles. The quantitative estimate of drug-likeness (QED) is 0.603. The van der Waals surface area contributed by atoms with Crippen molar-refractivity contribution in [3.63, 3.8) is 0 Å². The van der Waals surface area contributed by atoms with Gasteiger partial charge in [0.05, 0.1) is 0 Å². The monoisotopic (exact) mass is 329 g/mol. The lowest BCUT2D eigenvalue weighted by Crippen LogP contribution is -2.30. The van der Waals surface area contributed by atoms with Gasteiger partial charge in [0.2, 0.25) is 0 Å². The number of likely N-dealkylation sites (N-methyl/N-ethyl adjacent to an activating group) is 1. The maximum absolute atomic E-state index is 11.9. The molecule has 2 aromatic rings. The first-order valence-electron chi connectivity index (χ1n) is 7.21. The topological polar surface area (TPSA) is 46.6 Å². The van der Waals surface area contributed by atoms with Crippen LogP contribution in [0.4, 0.5) is 0 Å². The van der Waals surface area contributed by atoms with Gasteiger partial charge in [0.1, 0.15) is 0 Å². The van der Waals surface area contributed by atoms with Gasteiger partial charge in [-0.1, -0.05) is 29.8 Å². The Morgan fingerprint density at radius 3 is 2.61 bits per heavy atom. The zero-order valence-electron chi connectivity index (χ0n) is 13.2. The third kappa shape index (κ3) is 5.71. The Morgan fingerprint density at radius 2 is 1.96 bits per heavy atom. The summed E-state index contributed by atoms with van der Waals surface area (Å²) in [6.45, 7) is 2.26. The molecule has 0 unspecified atom stereocenters. The van der Waals surface area contributed by atoms with Gasteiger partial charge in [-0.2, -0.15) is 11.3 Å². The highest BCUT2D eigenvalue weighted by atomic mass is 32.1. The van der Waals surface area contributed by atoms with Crippen molar-refractivity contribution in [1.82, 2.24) is 4.90 Å². The molecule has 1 aromatic carbocycles. The zero-order chi connectivity index (χ0) is 16.7. The summed E-state index contributed by atoms with van der Waals surface area (Å²) < 4.78 is 4.98. The van der Waals surface area contributed by atoms with Crippen molar-refractivity contribution in [3.8, 4) is 0 Å². The molecule has 4 nitrogen and oxygen atoms in total. The number of thiophene rings is 1. The highest BCUT2D eigenvalue weighted by Gasteiger charge is 2.11. The molecule has 23 heavy (non-hydrogen) atoms. The Labute approximate surface area is 140 Å². The van der Waals surface area contributed by atoms with Crippen LogP contribution >= 0.6 is 11.3 Å². The van der Waals surface area contributed by atoms with Gasteiger partial charge in [-0.15, -0.1) is 0 Å². The molecular formula is C18H19NO3S. The molecule has 1 heterocycles. The molecule has 0 spiro atoms. The van der Waals surface area contributed by atoms with E-state index in [2.05, 4.69) is 0 Å². The fraction of sp³-hybridized carbons (Fsp3) is 0.222. The van der Waals surface area contributed by atoms with E-state index in [4.69, 9.17) is 4.74 Å². The molecule has 2 rings (SSSR count). The Morgan fingerprint density at radius 1 is 1.22 bits per heavy atom. The molecule has 5 heteroatoms. The number of benzene rings is 1. The summed E-state index contributed by atoms with van der Waals surface area (Å²) in [5.74, 6) is -0.754. The van der Waals surface area contributed by atoms with Gasteiger partial charge in [-0.25, -0.2) is 4.79 Å². The minimum atomic E-state index is -0.525. The highest BCUT2D eigenvalue weighted by Crippen LogP contribution is 2.08. The van der Waals surface area contributed by atoms with E-state index in [-0.39, 0.29) is 12.5 Å². The van der Waals surface area contributed by atoms with E-state index in [0.29, 0.717) is 6.54 Å². The Balaban J connectivity index is 1.77. The second kappa shape index (κ2) is 8.29. The summed E-state index contributed by atoms with van der Waals surface area (Å²) in [4.78, 5) is 25.1. The van der Waals surface area contributed by atoms with Crippen LogP contribution in [0.3, 0.4) is 0 Å². The first kappa shape index (κ1) is 17.0. The molecule has 0 aliphatic rings. The summed E-state index contributed by atoms with van der Waals surface area (Å²) in [6, 6.07) is 9.73. The van der Waals surface area contributed by atoms with E-state index in [1.807, 2.05) is 48.0 Å². The van der Waals surface area contributed by atoms with Crippen molar-refractivity contribution >= 4 is 29.3 Å². The lowest BCUT2D eigenvalue weighted by molar-refractivity contribution is -0.147. The van der Waals surface area contributed by atoms with E-state index in [0.717, 1.165) is 16.7 Å². The molecule has 0 atom stereocenters. The molecule has 120 valence electrons. The average Bonchev–Trinajstić information content (AvgIpc) is 3.05. The Kier molecular flexibility index (Phi) is 6.11. The number of aryl methyl sites for hydroxylation is 1. The smallest absolute Gasteiger partial charge is 0.331 e. The van der Waals surface area contributed by atoms with Crippen molar-refractivity contribution in [2.24, 2.45) is 0 Å². The molecule has 0 radical (unpaired) electrons. The largest absolute Gasteiger partial charge is 0.452 e. The van der Waals surface area contributed by atoms with E-state index in [1.165, 1.54) is 6.08 Å². The highest BCUT2D eigenvalue weighted by molar-refractivity contribution is 7.07. The normalized spacial score (nSPS) is 10.7. The van der Waals surface area contributed by atoms with Crippen LogP contribution in [0.5, 0.6) is 0 Å². The number of esters is 1. The van der Waals surface area contributed by atoms with E-state index in [1.54, 1.807) is 29.4 Å². The predicted octanol–water partition coefficient (Wildman–Crippen LogP) is 3.27. The fourth-order valence-electron chi connectivity index (χ4n) is 1.88. The van der Waals surface area contributed by atoms with Gasteiger partial charge in [-0.3, -0.25) is 4.79 Å². The van der Waals surface area contributed by atoms with Crippen molar-refractivity contribution < 1.29 is 14.3 Å². The second-order valence-corrected chi connectivity index (χ2v) is 6.01. The molecular weight excluding hydrogens is 310 g/mol. The van der Waals surface area contributed by atoms with Gasteiger partial charge in [0.15, 0.2) is 6.61 Å². The van der Waals surface area contributed by atoms with Crippen LogP contribution in [-0.4, -0.2) is 30.4 Å². The van der Waals surface area contributed by atoms with Gasteiger partial charge in [0.25, 0.3) is 5.91 Å². The minimum absolute atomic E-state index is 0.228. The van der Waals surface area contributed by atoms with Gasteiger partial charge in [0, 0.05) is 19.7 Å². The standard InChI is InChI=1S/C18H19NO3S/c1-14-3-5-15(6-4-14)7-8-18(21)22-12-17(20)19(2)11-16-9-10-23-13-16/h3-10,13H,11-12H2,1-2H3/b8-7+. The van der Waals surface area contributed by atoms with Crippen LogP contribution in [0.1, 0.15) is 16.7 Å². The van der Waals surface area contributed by atoms with Gasteiger partial charge in [-0.05, 0) is 41.0 Å². The fourth-order valence-corrected chi connectivity index (χ4v) is 2.54. The van der Waals surface area contributed by atoms with Crippen LogP contribution in [0.25, 0.3) is 6.08 Å². The van der Waals surface area contributed by atoms with Gasteiger partial charge >= 0.3 is 5.97 Å². The Hall–Kier alpha value is -2.40. The van der Waals surface area contributed by atoms with E-state index < -0.39 is 5.97 Å². The molecule has 1 amide bonds. The average molecular weight is 329 g/mol. The van der Waals surface area contributed by atoms with E-state index in [9.17, 15) is 9.59 Å². The summed E-state index contributed by atoms with van der Waals surface area (Å²) in [6.07, 6.45) is 3.00. The number of hydrogen-bond acceptors (Lipinski definition) is 4. The van der Waals surface area contributed by atoms with Crippen LogP contribution in [-0.2, 0) is 20.9 Å². The predicted molar refractivity (Wildman–Crippen MR) is 92.0 cm³/mol. The molecule has 0 saturated heterocycles. The summed E-state index contributed by atoms with van der Waals surface area (Å²) in [7, 11) is 1.69. The van der Waals surface area contributed by atoms with Crippen LogP contribution in [0.15, 0.2) is 47.2 Å². The molecule has 0 N–H and O–H groups in total. The number of hydrogen-bond donors (Lipinski definition) is 0. The van der Waals surface area contributed by atoms with Crippen molar-refractivity contribution in [2.75, 3.05) is 13.7 Å². The summed E-state index contributed by atoms with van der Waals surface area (Å²) >= 11 is 1.58. The third-order valence-corrected chi connectivity index (χ3v) is 3.98. The molecule has 0 aliphatic carbocycles. The first-order valence-corrected chi connectivity index (χ1v) is 8.15. The molecule has 0 aliphatic heterocycles. The SMILES string of the molecule is Cc1ccc(/C=C/C(=O)OCC(=O)N(C)Cc2ccsc2)cc1. The molecule has 0 fully saturated rings. The van der Waals surface area contributed by atoms with Crippen molar-refractivity contribution in [3.05, 3.63) is 63.9 Å². The first-order chi connectivity index (χ1) is 11.0. The van der Waals surface area contributed by atoms with Gasteiger partial charge < -0.3 is 9.64 Å². The van der Waals surface area contributed by atoms with E-state index >= 15 is 0 Å². The maximum Gasteiger partial charge on any atom is 0.331 e. The number of nitrogens with zero attached hydrogens (tertiary/aromatic N) is 1. The lowest BCUT2D eigenvalue weighted by Gasteiger charge is -2.15. The van der Waals surface area contributed by atoms with Crippen LogP contribution in [0, 0.1) is 6.92 Å². The number of carbonyl (C=O) groups excluding carboxylic acids is 2. The van der Waals surface area contributed by atoms with Crippen LogP contribution < -0.4 is 0 Å². The third-order valence-electron chi connectivity index (χ3n) is 3.25. The summed E-state index contributed by atoms with van der Waals surface area (Å²) in [5, 5.41) is 3.95. The Bertz CT molecular complexity index is 675. The summed E-state index contributed by atoms with van der Waals surface area (Å²) in [5.41, 5.74) is 3.13. The molecule has 0 bridgehead atoms. The number of amides is 1.